The van der Waals surface area contributed by atoms with Gasteiger partial charge in [-0.25, -0.2) is 0 Å². The predicted molar refractivity (Wildman–Crippen MR) is 43.4 cm³/mol. The molecule has 0 radical (unpaired) electrons. The number of anilines is 1. The molecule has 0 saturated carbocycles. The molecule has 2 rings (SSSR count). The van der Waals surface area contributed by atoms with E-state index in [1.54, 1.807) is 0 Å². The molecule has 0 amide bonds. The summed E-state index contributed by atoms with van der Waals surface area (Å²) in [5.41, 5.74) is 6.69. The summed E-state index contributed by atoms with van der Waals surface area (Å²) in [6, 6.07) is 7.81. The topological polar surface area (TPSA) is 38.5 Å². The Bertz CT molecular complexity index is 275. The fourth-order valence-corrected chi connectivity index (χ4v) is 1.19. The summed E-state index contributed by atoms with van der Waals surface area (Å²) in [6.07, 6.45) is -0.326. The van der Waals surface area contributed by atoms with Gasteiger partial charge in [-0.3, -0.25) is 5.73 Å². The van der Waals surface area contributed by atoms with Gasteiger partial charge in [-0.15, -0.1) is 0 Å². The molecule has 3 heteroatoms. The average molecular weight is 150 g/mol. The number of benzene rings is 1. The van der Waals surface area contributed by atoms with Gasteiger partial charge < -0.3 is 9.64 Å². The molecule has 1 atom stereocenters. The number of rotatable bonds is 0. The standard InChI is InChI=1S/C8H10N2O/c1-10-6-4-2-3-5-7(6)11-8(10)9/h2-5,8H,9H2,1H3. The highest BCUT2D eigenvalue weighted by atomic mass is 16.5. The van der Waals surface area contributed by atoms with Crippen molar-refractivity contribution in [3.8, 4) is 5.75 Å². The second kappa shape index (κ2) is 2.13. The molecule has 1 aliphatic rings. The highest BCUT2D eigenvalue weighted by Crippen LogP contribution is 2.33. The van der Waals surface area contributed by atoms with Crippen LogP contribution in [0.4, 0.5) is 5.69 Å². The highest BCUT2D eigenvalue weighted by Gasteiger charge is 2.23. The molecule has 0 spiro atoms. The molecule has 0 saturated heterocycles. The van der Waals surface area contributed by atoms with E-state index in [-0.39, 0.29) is 6.35 Å². The van der Waals surface area contributed by atoms with Crippen LogP contribution in [0.3, 0.4) is 0 Å². The molecule has 3 nitrogen and oxygen atoms in total. The molecule has 1 aromatic carbocycles. The third kappa shape index (κ3) is 0.851. The Kier molecular flexibility index (Phi) is 1.26. The molecule has 1 aliphatic heterocycles. The van der Waals surface area contributed by atoms with E-state index in [1.165, 1.54) is 0 Å². The lowest BCUT2D eigenvalue weighted by Gasteiger charge is -2.14. The van der Waals surface area contributed by atoms with Crippen LogP contribution >= 0.6 is 0 Å². The minimum Gasteiger partial charge on any atom is -0.455 e. The minimum absolute atomic E-state index is 0.326. The average Bonchev–Trinajstić information content (AvgIpc) is 2.30. The van der Waals surface area contributed by atoms with Crippen molar-refractivity contribution in [1.29, 1.82) is 0 Å². The van der Waals surface area contributed by atoms with Gasteiger partial charge in [0.25, 0.3) is 0 Å². The maximum Gasteiger partial charge on any atom is 0.227 e. The Balaban J connectivity index is 2.47. The quantitative estimate of drug-likeness (QED) is 0.593. The van der Waals surface area contributed by atoms with Crippen molar-refractivity contribution in [2.75, 3.05) is 11.9 Å². The summed E-state index contributed by atoms with van der Waals surface area (Å²) >= 11 is 0. The molecule has 58 valence electrons. The smallest absolute Gasteiger partial charge is 0.227 e. The molecular formula is C8H10N2O. The Hall–Kier alpha value is -1.22. The zero-order valence-corrected chi connectivity index (χ0v) is 6.32. The summed E-state index contributed by atoms with van der Waals surface area (Å²) in [4.78, 5) is 1.90. The Morgan fingerprint density at radius 1 is 1.45 bits per heavy atom. The van der Waals surface area contributed by atoms with E-state index in [1.807, 2.05) is 36.2 Å². The summed E-state index contributed by atoms with van der Waals surface area (Å²) in [5.74, 6) is 0.863. The summed E-state index contributed by atoms with van der Waals surface area (Å²) in [7, 11) is 1.91. The molecule has 1 aromatic rings. The van der Waals surface area contributed by atoms with Gasteiger partial charge in [0.1, 0.15) is 5.75 Å². The van der Waals surface area contributed by atoms with Crippen molar-refractivity contribution in [3.05, 3.63) is 24.3 Å². The number of hydrogen-bond acceptors (Lipinski definition) is 3. The minimum atomic E-state index is -0.326. The van der Waals surface area contributed by atoms with Crippen LogP contribution < -0.4 is 15.4 Å². The van der Waals surface area contributed by atoms with Crippen LogP contribution in [0.1, 0.15) is 0 Å². The number of hydrogen-bond donors (Lipinski definition) is 1. The van der Waals surface area contributed by atoms with Gasteiger partial charge in [-0.1, -0.05) is 12.1 Å². The zero-order chi connectivity index (χ0) is 7.84. The number of ether oxygens (including phenoxy) is 1. The SMILES string of the molecule is CN1c2ccccc2OC1N. The van der Waals surface area contributed by atoms with Crippen molar-refractivity contribution >= 4 is 5.69 Å². The van der Waals surface area contributed by atoms with E-state index in [0.717, 1.165) is 11.4 Å². The summed E-state index contributed by atoms with van der Waals surface area (Å²) < 4.78 is 5.32. The largest absolute Gasteiger partial charge is 0.455 e. The van der Waals surface area contributed by atoms with Crippen molar-refractivity contribution in [3.63, 3.8) is 0 Å². The van der Waals surface area contributed by atoms with E-state index in [9.17, 15) is 0 Å². The van der Waals surface area contributed by atoms with Crippen LogP contribution in [0, 0.1) is 0 Å². The number of para-hydroxylation sites is 2. The first kappa shape index (κ1) is 6.49. The van der Waals surface area contributed by atoms with Crippen molar-refractivity contribution in [2.24, 2.45) is 5.73 Å². The second-order valence-corrected chi connectivity index (χ2v) is 2.59. The Morgan fingerprint density at radius 2 is 2.18 bits per heavy atom. The Labute approximate surface area is 65.4 Å². The van der Waals surface area contributed by atoms with E-state index in [4.69, 9.17) is 10.5 Å². The van der Waals surface area contributed by atoms with Crippen LogP contribution in [-0.2, 0) is 0 Å². The number of fused-ring (bicyclic) bond motifs is 1. The van der Waals surface area contributed by atoms with E-state index in [2.05, 4.69) is 0 Å². The third-order valence-electron chi connectivity index (χ3n) is 1.87. The molecule has 0 fully saturated rings. The third-order valence-corrected chi connectivity index (χ3v) is 1.87. The summed E-state index contributed by atoms with van der Waals surface area (Å²) in [6.45, 7) is 0. The van der Waals surface area contributed by atoms with Crippen LogP contribution in [0.5, 0.6) is 5.75 Å². The fourth-order valence-electron chi connectivity index (χ4n) is 1.19. The first-order valence-electron chi connectivity index (χ1n) is 3.53. The monoisotopic (exact) mass is 150 g/mol. The highest BCUT2D eigenvalue weighted by molar-refractivity contribution is 5.61. The predicted octanol–water partition coefficient (Wildman–Crippen LogP) is 0.757. The number of nitrogens with two attached hydrogens (primary N) is 1. The lowest BCUT2D eigenvalue weighted by atomic mass is 10.3. The molecule has 2 N–H and O–H groups in total. The second-order valence-electron chi connectivity index (χ2n) is 2.59. The molecule has 1 heterocycles. The van der Waals surface area contributed by atoms with Crippen LogP contribution in [-0.4, -0.2) is 13.4 Å². The van der Waals surface area contributed by atoms with E-state index in [0.29, 0.717) is 0 Å². The van der Waals surface area contributed by atoms with Crippen molar-refractivity contribution in [2.45, 2.75) is 6.35 Å². The fraction of sp³-hybridized carbons (Fsp3) is 0.250. The van der Waals surface area contributed by atoms with Crippen molar-refractivity contribution < 1.29 is 4.74 Å². The van der Waals surface area contributed by atoms with Gasteiger partial charge in [0, 0.05) is 7.05 Å². The van der Waals surface area contributed by atoms with Gasteiger partial charge in [-0.05, 0) is 12.1 Å². The van der Waals surface area contributed by atoms with E-state index < -0.39 is 0 Å². The van der Waals surface area contributed by atoms with Gasteiger partial charge in [0.15, 0.2) is 0 Å². The first-order chi connectivity index (χ1) is 5.29. The summed E-state index contributed by atoms with van der Waals surface area (Å²) in [5, 5.41) is 0. The zero-order valence-electron chi connectivity index (χ0n) is 6.32. The molecule has 0 aliphatic carbocycles. The van der Waals surface area contributed by atoms with Gasteiger partial charge in [0.05, 0.1) is 5.69 Å². The van der Waals surface area contributed by atoms with Crippen molar-refractivity contribution in [1.82, 2.24) is 0 Å². The van der Waals surface area contributed by atoms with E-state index >= 15 is 0 Å². The molecule has 11 heavy (non-hydrogen) atoms. The molecule has 0 aromatic heterocycles. The lowest BCUT2D eigenvalue weighted by Crippen LogP contribution is -2.39. The molecular weight excluding hydrogens is 140 g/mol. The normalized spacial score (nSPS) is 21.3. The van der Waals surface area contributed by atoms with Crippen LogP contribution in [0.15, 0.2) is 24.3 Å². The first-order valence-corrected chi connectivity index (χ1v) is 3.53. The van der Waals surface area contributed by atoms with Crippen LogP contribution in [0.2, 0.25) is 0 Å². The lowest BCUT2D eigenvalue weighted by molar-refractivity contribution is 0.238. The maximum atomic E-state index is 5.63. The Morgan fingerprint density at radius 3 is 2.91 bits per heavy atom. The van der Waals surface area contributed by atoms with Gasteiger partial charge >= 0.3 is 0 Å². The molecule has 1 unspecified atom stereocenters. The van der Waals surface area contributed by atoms with Crippen LogP contribution in [0.25, 0.3) is 0 Å². The number of nitrogens with zero attached hydrogens (tertiary/aromatic N) is 1. The maximum absolute atomic E-state index is 5.63. The molecule has 0 bridgehead atoms. The van der Waals surface area contributed by atoms with Gasteiger partial charge in [0.2, 0.25) is 6.35 Å². The van der Waals surface area contributed by atoms with Gasteiger partial charge in [-0.2, -0.15) is 0 Å².